The quantitative estimate of drug-likeness (QED) is 0.633. The molecule has 1 aliphatic heterocycles. The van der Waals surface area contributed by atoms with E-state index >= 15 is 0 Å². The topological polar surface area (TPSA) is 125 Å². The van der Waals surface area contributed by atoms with Gasteiger partial charge in [-0.3, -0.25) is 4.79 Å². The second-order valence-electron chi connectivity index (χ2n) is 10.5. The summed E-state index contributed by atoms with van der Waals surface area (Å²) in [7, 11) is 0. The lowest BCUT2D eigenvalue weighted by Gasteiger charge is -2.48. The Hall–Kier alpha value is -2.03. The monoisotopic (exact) mass is 414 g/mol. The van der Waals surface area contributed by atoms with Gasteiger partial charge in [0.1, 0.15) is 5.60 Å². The highest BCUT2D eigenvalue weighted by Gasteiger charge is 2.44. The molecular formula is C20H38N4O5. The van der Waals surface area contributed by atoms with E-state index in [1.165, 1.54) is 9.80 Å². The van der Waals surface area contributed by atoms with Crippen LogP contribution in [-0.4, -0.2) is 76.9 Å². The molecule has 9 nitrogen and oxygen atoms in total. The largest absolute Gasteiger partial charge is 0.465 e. The molecule has 1 aliphatic rings. The Kier molecular flexibility index (Phi) is 7.56. The van der Waals surface area contributed by atoms with Gasteiger partial charge in [0.15, 0.2) is 0 Å². The number of carboxylic acid groups (broad SMARTS) is 1. The molecule has 0 aromatic heterocycles. The van der Waals surface area contributed by atoms with E-state index in [1.807, 2.05) is 20.8 Å². The first-order valence-electron chi connectivity index (χ1n) is 9.96. The number of hydrogen-bond acceptors (Lipinski definition) is 5. The van der Waals surface area contributed by atoms with Crippen LogP contribution in [0.3, 0.4) is 0 Å². The number of primary amides is 1. The zero-order chi connectivity index (χ0) is 22.8. The van der Waals surface area contributed by atoms with E-state index in [4.69, 9.17) is 10.5 Å². The van der Waals surface area contributed by atoms with Crippen LogP contribution in [0.25, 0.3) is 0 Å². The summed E-state index contributed by atoms with van der Waals surface area (Å²) < 4.78 is 5.54. The molecule has 1 heterocycles. The Morgan fingerprint density at radius 2 is 1.69 bits per heavy atom. The van der Waals surface area contributed by atoms with Crippen molar-refractivity contribution < 1.29 is 24.2 Å². The lowest BCUT2D eigenvalue weighted by molar-refractivity contribution is -0.126. The van der Waals surface area contributed by atoms with Gasteiger partial charge in [0.2, 0.25) is 5.91 Å². The smallest absolute Gasteiger partial charge is 0.410 e. The fraction of sp³-hybridized carbons (Fsp3) is 0.850. The van der Waals surface area contributed by atoms with Crippen molar-refractivity contribution in [1.82, 2.24) is 15.1 Å². The maximum Gasteiger partial charge on any atom is 0.410 e. The lowest BCUT2D eigenvalue weighted by atomic mass is 9.79. The van der Waals surface area contributed by atoms with Gasteiger partial charge in [0.05, 0.1) is 11.5 Å². The summed E-state index contributed by atoms with van der Waals surface area (Å²) in [6.45, 7) is 15.7. The number of carbonyl (C=O) groups excluding carboxylic acids is 2. The van der Waals surface area contributed by atoms with Crippen molar-refractivity contribution in [2.45, 2.75) is 73.1 Å². The molecule has 0 aromatic rings. The maximum absolute atomic E-state index is 12.9. The van der Waals surface area contributed by atoms with E-state index in [0.29, 0.717) is 13.1 Å². The molecule has 9 heteroatoms. The van der Waals surface area contributed by atoms with Crippen molar-refractivity contribution in [2.75, 3.05) is 26.2 Å². The fourth-order valence-corrected chi connectivity index (χ4v) is 3.61. The molecule has 2 unspecified atom stereocenters. The van der Waals surface area contributed by atoms with Crippen molar-refractivity contribution in [3.05, 3.63) is 0 Å². The summed E-state index contributed by atoms with van der Waals surface area (Å²) >= 11 is 0. The standard InChI is InChI=1S/C20H38N4O5/c1-18(2,3)14-13(22-9-10-24(14)16(26)27)11-23(12-20(7,8)15(21)25)17(28)29-19(4,5)6/h13-14,22H,9-12H2,1-8H3,(H2,21,25)(H,26,27). The van der Waals surface area contributed by atoms with Crippen LogP contribution >= 0.6 is 0 Å². The first kappa shape index (κ1) is 25.0. The second-order valence-corrected chi connectivity index (χ2v) is 10.5. The third kappa shape index (κ3) is 7.06. The number of carbonyl (C=O) groups is 3. The number of ether oxygens (including phenoxy) is 1. The molecule has 0 aliphatic carbocycles. The van der Waals surface area contributed by atoms with Gasteiger partial charge in [-0.15, -0.1) is 0 Å². The molecule has 0 saturated carbocycles. The normalized spacial score (nSPS) is 20.9. The first-order chi connectivity index (χ1) is 13.0. The first-order valence-corrected chi connectivity index (χ1v) is 9.96. The van der Waals surface area contributed by atoms with Crippen molar-refractivity contribution in [3.8, 4) is 0 Å². The molecule has 0 spiro atoms. The number of nitrogens with one attached hydrogen (secondary N) is 1. The summed E-state index contributed by atoms with van der Waals surface area (Å²) in [6.07, 6.45) is -1.55. The zero-order valence-electron chi connectivity index (χ0n) is 19.0. The summed E-state index contributed by atoms with van der Waals surface area (Å²) in [5, 5.41) is 13.0. The van der Waals surface area contributed by atoms with Gasteiger partial charge >= 0.3 is 12.2 Å². The molecule has 29 heavy (non-hydrogen) atoms. The van der Waals surface area contributed by atoms with Crippen LogP contribution in [0.1, 0.15) is 55.4 Å². The fourth-order valence-electron chi connectivity index (χ4n) is 3.61. The maximum atomic E-state index is 12.9. The third-order valence-electron chi connectivity index (χ3n) is 4.93. The molecule has 0 radical (unpaired) electrons. The average molecular weight is 415 g/mol. The number of rotatable bonds is 5. The van der Waals surface area contributed by atoms with Gasteiger partial charge < -0.3 is 30.7 Å². The number of nitrogens with two attached hydrogens (primary N) is 1. The molecule has 1 rings (SSSR count). The summed E-state index contributed by atoms with van der Waals surface area (Å²) in [6, 6.07) is -0.688. The molecule has 1 fully saturated rings. The molecule has 1 saturated heterocycles. The minimum Gasteiger partial charge on any atom is -0.465 e. The van der Waals surface area contributed by atoms with Crippen LogP contribution in [0, 0.1) is 10.8 Å². The molecule has 3 amide bonds. The minimum absolute atomic E-state index is 0.0688. The highest BCUT2D eigenvalue weighted by atomic mass is 16.6. The van der Waals surface area contributed by atoms with E-state index in [1.54, 1.807) is 34.6 Å². The molecular weight excluding hydrogens is 376 g/mol. The van der Waals surface area contributed by atoms with Crippen LogP contribution in [0.2, 0.25) is 0 Å². The average Bonchev–Trinajstić information content (AvgIpc) is 2.50. The minimum atomic E-state index is -0.988. The van der Waals surface area contributed by atoms with E-state index in [2.05, 4.69) is 5.32 Å². The van der Waals surface area contributed by atoms with Crippen molar-refractivity contribution in [1.29, 1.82) is 0 Å². The summed E-state index contributed by atoms with van der Waals surface area (Å²) in [4.78, 5) is 39.5. The highest BCUT2D eigenvalue weighted by molar-refractivity contribution is 5.81. The SMILES string of the molecule is CC(C)(C)OC(=O)N(CC1NCCN(C(=O)O)C1C(C)(C)C)CC(C)(C)C(N)=O. The van der Waals surface area contributed by atoms with E-state index in [-0.39, 0.29) is 30.6 Å². The zero-order valence-corrected chi connectivity index (χ0v) is 19.0. The van der Waals surface area contributed by atoms with Crippen LogP contribution in [-0.2, 0) is 9.53 Å². The van der Waals surface area contributed by atoms with Crippen LogP contribution in [0.15, 0.2) is 0 Å². The predicted molar refractivity (Wildman–Crippen MR) is 111 cm³/mol. The van der Waals surface area contributed by atoms with E-state index < -0.39 is 29.1 Å². The Balaban J connectivity index is 3.22. The van der Waals surface area contributed by atoms with Crippen molar-refractivity contribution in [3.63, 3.8) is 0 Å². The van der Waals surface area contributed by atoms with E-state index in [9.17, 15) is 19.5 Å². The Morgan fingerprint density at radius 3 is 2.10 bits per heavy atom. The van der Waals surface area contributed by atoms with Gasteiger partial charge in [-0.25, -0.2) is 9.59 Å². The van der Waals surface area contributed by atoms with Crippen molar-refractivity contribution >= 4 is 18.1 Å². The number of piperazine rings is 1. The Labute approximate surface area is 173 Å². The van der Waals surface area contributed by atoms with Gasteiger partial charge in [-0.05, 0) is 40.0 Å². The molecule has 0 aromatic carbocycles. The number of amides is 3. The van der Waals surface area contributed by atoms with Gasteiger partial charge in [0, 0.05) is 32.2 Å². The van der Waals surface area contributed by atoms with Crippen LogP contribution < -0.4 is 11.1 Å². The number of hydrogen-bond donors (Lipinski definition) is 3. The Morgan fingerprint density at radius 1 is 1.14 bits per heavy atom. The summed E-state index contributed by atoms with van der Waals surface area (Å²) in [5.74, 6) is -0.526. The van der Waals surface area contributed by atoms with Gasteiger partial charge in [0.25, 0.3) is 0 Å². The highest BCUT2D eigenvalue weighted by Crippen LogP contribution is 2.30. The van der Waals surface area contributed by atoms with Crippen LogP contribution in [0.4, 0.5) is 9.59 Å². The van der Waals surface area contributed by atoms with Crippen LogP contribution in [0.5, 0.6) is 0 Å². The molecule has 0 bridgehead atoms. The molecule has 2 atom stereocenters. The Bertz CT molecular complexity index is 621. The van der Waals surface area contributed by atoms with Gasteiger partial charge in [-0.2, -0.15) is 0 Å². The predicted octanol–water partition coefficient (Wildman–Crippen LogP) is 2.10. The van der Waals surface area contributed by atoms with Gasteiger partial charge in [-0.1, -0.05) is 20.8 Å². The van der Waals surface area contributed by atoms with Crippen molar-refractivity contribution in [2.24, 2.45) is 16.6 Å². The number of nitrogens with zero attached hydrogens (tertiary/aromatic N) is 2. The molecule has 168 valence electrons. The lowest BCUT2D eigenvalue weighted by Crippen LogP contribution is -2.67. The second kappa shape index (κ2) is 8.77. The molecule has 4 N–H and O–H groups in total. The third-order valence-corrected chi connectivity index (χ3v) is 4.93. The summed E-state index contributed by atoms with van der Waals surface area (Å²) in [5.41, 5.74) is 3.48. The van der Waals surface area contributed by atoms with E-state index in [0.717, 1.165) is 0 Å².